The zero-order chi connectivity index (χ0) is 20.9. The fourth-order valence-corrected chi connectivity index (χ4v) is 4.24. The lowest BCUT2D eigenvalue weighted by atomic mass is 10.2. The summed E-state index contributed by atoms with van der Waals surface area (Å²) >= 11 is 7.43. The van der Waals surface area contributed by atoms with Gasteiger partial charge in [0.05, 0.1) is 0 Å². The Morgan fingerprint density at radius 3 is 2.53 bits per heavy atom. The van der Waals surface area contributed by atoms with E-state index in [1.807, 2.05) is 54.6 Å². The summed E-state index contributed by atoms with van der Waals surface area (Å²) in [5, 5.41) is 3.08. The van der Waals surface area contributed by atoms with E-state index in [-0.39, 0.29) is 18.2 Å². The molecule has 1 fully saturated rings. The van der Waals surface area contributed by atoms with Crippen LogP contribution in [0.15, 0.2) is 60.0 Å². The highest BCUT2D eigenvalue weighted by molar-refractivity contribution is 7.13. The van der Waals surface area contributed by atoms with Crippen molar-refractivity contribution in [3.8, 4) is 10.6 Å². The summed E-state index contributed by atoms with van der Waals surface area (Å²) < 4.78 is 5.20. The number of thiazole rings is 1. The molecule has 2 aromatic carbocycles. The Labute approximate surface area is 183 Å². The first-order chi connectivity index (χ1) is 14.6. The summed E-state index contributed by atoms with van der Waals surface area (Å²) in [4.78, 5) is 32.9. The molecule has 0 unspecified atom stereocenters. The monoisotopic (exact) mass is 441 g/mol. The molecule has 0 bridgehead atoms. The molecule has 8 heteroatoms. The second-order valence-corrected chi connectivity index (χ2v) is 8.12. The number of rotatable bonds is 5. The van der Waals surface area contributed by atoms with E-state index in [0.29, 0.717) is 31.2 Å². The van der Waals surface area contributed by atoms with Gasteiger partial charge in [-0.3, -0.25) is 4.79 Å². The molecule has 154 valence electrons. The number of esters is 1. The predicted octanol–water partition coefficient (Wildman–Crippen LogP) is 3.97. The molecule has 1 amide bonds. The molecular formula is C22H20ClN3O3S. The number of ether oxygens (including phenoxy) is 1. The number of nitrogens with zero attached hydrogens (tertiary/aromatic N) is 3. The highest BCUT2D eigenvalue weighted by Crippen LogP contribution is 2.24. The van der Waals surface area contributed by atoms with Gasteiger partial charge in [0.2, 0.25) is 0 Å². The van der Waals surface area contributed by atoms with E-state index >= 15 is 0 Å². The van der Waals surface area contributed by atoms with E-state index < -0.39 is 5.97 Å². The summed E-state index contributed by atoms with van der Waals surface area (Å²) in [6, 6.07) is 17.3. The first-order valence-electron chi connectivity index (χ1n) is 9.56. The molecule has 1 aliphatic rings. The maximum absolute atomic E-state index is 12.4. The van der Waals surface area contributed by atoms with E-state index in [4.69, 9.17) is 16.3 Å². The molecule has 0 aliphatic carbocycles. The molecule has 0 saturated carbocycles. The Morgan fingerprint density at radius 1 is 1.03 bits per heavy atom. The first kappa shape index (κ1) is 20.4. The van der Waals surface area contributed by atoms with Crippen molar-refractivity contribution in [2.75, 3.05) is 37.7 Å². The van der Waals surface area contributed by atoms with Gasteiger partial charge in [-0.05, 0) is 18.2 Å². The number of piperazine rings is 1. The van der Waals surface area contributed by atoms with Crippen LogP contribution in [0.25, 0.3) is 10.6 Å². The lowest BCUT2D eigenvalue weighted by Gasteiger charge is -2.36. The molecule has 0 atom stereocenters. The summed E-state index contributed by atoms with van der Waals surface area (Å²) in [6.45, 7) is 2.25. The highest BCUT2D eigenvalue weighted by Gasteiger charge is 2.23. The molecule has 4 rings (SSSR count). The van der Waals surface area contributed by atoms with Crippen LogP contribution >= 0.6 is 22.9 Å². The minimum atomic E-state index is -0.584. The van der Waals surface area contributed by atoms with Crippen molar-refractivity contribution < 1.29 is 14.3 Å². The number of carbonyl (C=O) groups excluding carboxylic acids is 2. The van der Waals surface area contributed by atoms with E-state index in [1.165, 1.54) is 11.3 Å². The molecule has 2 heterocycles. The second-order valence-electron chi connectivity index (χ2n) is 6.83. The van der Waals surface area contributed by atoms with Gasteiger partial charge >= 0.3 is 5.97 Å². The van der Waals surface area contributed by atoms with Gasteiger partial charge in [-0.1, -0.05) is 48.0 Å². The van der Waals surface area contributed by atoms with Crippen LogP contribution in [0.2, 0.25) is 5.02 Å². The zero-order valence-corrected chi connectivity index (χ0v) is 17.7. The molecule has 0 spiro atoms. The van der Waals surface area contributed by atoms with E-state index in [2.05, 4.69) is 9.88 Å². The van der Waals surface area contributed by atoms with Crippen LogP contribution in [0.5, 0.6) is 0 Å². The van der Waals surface area contributed by atoms with E-state index in [1.54, 1.807) is 10.3 Å². The number of benzene rings is 2. The Morgan fingerprint density at radius 2 is 1.80 bits per heavy atom. The van der Waals surface area contributed by atoms with Crippen LogP contribution in [0.3, 0.4) is 0 Å². The van der Waals surface area contributed by atoms with Gasteiger partial charge in [-0.15, -0.1) is 11.3 Å². The Hall–Kier alpha value is -2.90. The average molecular weight is 442 g/mol. The van der Waals surface area contributed by atoms with Crippen molar-refractivity contribution in [1.82, 2.24) is 9.88 Å². The quantitative estimate of drug-likeness (QED) is 0.560. The van der Waals surface area contributed by atoms with Gasteiger partial charge in [0.1, 0.15) is 5.01 Å². The maximum atomic E-state index is 12.4. The molecule has 1 aromatic heterocycles. The third kappa shape index (κ3) is 4.80. The Balaban J connectivity index is 1.27. The normalized spacial score (nSPS) is 13.9. The van der Waals surface area contributed by atoms with E-state index in [0.717, 1.165) is 16.3 Å². The van der Waals surface area contributed by atoms with Crippen LogP contribution in [0.1, 0.15) is 10.5 Å². The summed E-state index contributed by atoms with van der Waals surface area (Å²) in [7, 11) is 0. The van der Waals surface area contributed by atoms with Crippen molar-refractivity contribution in [3.63, 3.8) is 0 Å². The fourth-order valence-electron chi connectivity index (χ4n) is 3.26. The van der Waals surface area contributed by atoms with Crippen molar-refractivity contribution in [2.24, 2.45) is 0 Å². The molecule has 30 heavy (non-hydrogen) atoms. The number of halogens is 1. The average Bonchev–Trinajstić information content (AvgIpc) is 3.28. The highest BCUT2D eigenvalue weighted by atomic mass is 35.5. The molecule has 3 aromatic rings. The third-order valence-corrected chi connectivity index (χ3v) is 5.99. The predicted molar refractivity (Wildman–Crippen MR) is 118 cm³/mol. The van der Waals surface area contributed by atoms with Gasteiger partial charge in [-0.25, -0.2) is 9.78 Å². The Bertz CT molecular complexity index is 1030. The zero-order valence-electron chi connectivity index (χ0n) is 16.2. The number of hydrogen-bond acceptors (Lipinski definition) is 6. The molecular weight excluding hydrogens is 422 g/mol. The van der Waals surface area contributed by atoms with Crippen LogP contribution < -0.4 is 4.90 Å². The number of aromatic nitrogens is 1. The smallest absolute Gasteiger partial charge is 0.358 e. The lowest BCUT2D eigenvalue weighted by Crippen LogP contribution is -2.49. The van der Waals surface area contributed by atoms with Gasteiger partial charge in [0.25, 0.3) is 5.91 Å². The topological polar surface area (TPSA) is 62.7 Å². The first-order valence-corrected chi connectivity index (χ1v) is 10.8. The summed E-state index contributed by atoms with van der Waals surface area (Å²) in [5.41, 5.74) is 2.20. The minimum Gasteiger partial charge on any atom is -0.451 e. The fraction of sp³-hybridized carbons (Fsp3) is 0.227. The van der Waals surface area contributed by atoms with E-state index in [9.17, 15) is 9.59 Å². The largest absolute Gasteiger partial charge is 0.451 e. The molecule has 1 saturated heterocycles. The maximum Gasteiger partial charge on any atom is 0.358 e. The Kier molecular flexibility index (Phi) is 6.30. The molecule has 6 nitrogen and oxygen atoms in total. The summed E-state index contributed by atoms with van der Waals surface area (Å²) in [5.74, 6) is -0.785. The van der Waals surface area contributed by atoms with Crippen molar-refractivity contribution >= 4 is 40.5 Å². The number of anilines is 1. The van der Waals surface area contributed by atoms with Gasteiger partial charge in [0, 0.05) is 47.8 Å². The van der Waals surface area contributed by atoms with Gasteiger partial charge < -0.3 is 14.5 Å². The van der Waals surface area contributed by atoms with Crippen LogP contribution in [-0.2, 0) is 9.53 Å². The van der Waals surface area contributed by atoms with Gasteiger partial charge in [-0.2, -0.15) is 0 Å². The third-order valence-electron chi connectivity index (χ3n) is 4.87. The number of carbonyl (C=O) groups is 2. The number of hydrogen-bond donors (Lipinski definition) is 0. The minimum absolute atomic E-state index is 0.201. The lowest BCUT2D eigenvalue weighted by molar-refractivity contribution is -0.134. The van der Waals surface area contributed by atoms with Crippen LogP contribution in [0, 0.1) is 0 Å². The van der Waals surface area contributed by atoms with Crippen molar-refractivity contribution in [2.45, 2.75) is 0 Å². The molecule has 1 aliphatic heterocycles. The summed E-state index contributed by atoms with van der Waals surface area (Å²) in [6.07, 6.45) is 0. The second kappa shape index (κ2) is 9.28. The van der Waals surface area contributed by atoms with Gasteiger partial charge in [0.15, 0.2) is 12.3 Å². The molecule has 0 radical (unpaired) electrons. The van der Waals surface area contributed by atoms with Crippen molar-refractivity contribution in [3.05, 3.63) is 70.7 Å². The SMILES string of the molecule is O=C(OCC(=O)N1CCN(c2cccc(Cl)c2)CC1)c1csc(-c2ccccc2)n1. The molecule has 0 N–H and O–H groups in total. The van der Waals surface area contributed by atoms with Crippen LogP contribution in [0.4, 0.5) is 5.69 Å². The standard InChI is InChI=1S/C22H20ClN3O3S/c23-17-7-4-8-18(13-17)25-9-11-26(12-10-25)20(27)14-29-22(28)19-15-30-21(24-19)16-5-2-1-3-6-16/h1-8,13,15H,9-12,14H2. The van der Waals surface area contributed by atoms with Crippen LogP contribution in [-0.4, -0.2) is 54.5 Å². The van der Waals surface area contributed by atoms with Crippen molar-refractivity contribution in [1.29, 1.82) is 0 Å². The number of amides is 1.